The van der Waals surface area contributed by atoms with Crippen molar-refractivity contribution in [2.75, 3.05) is 7.05 Å². The molecule has 0 unspecified atom stereocenters. The molecule has 3 rings (SSSR count). The summed E-state index contributed by atoms with van der Waals surface area (Å²) < 4.78 is 1.96. The van der Waals surface area contributed by atoms with E-state index in [2.05, 4.69) is 24.2 Å². The van der Waals surface area contributed by atoms with E-state index in [1.54, 1.807) is 0 Å². The number of nitrogens with zero attached hydrogens (tertiary/aromatic N) is 3. The maximum absolute atomic E-state index is 12.5. The van der Waals surface area contributed by atoms with Crippen molar-refractivity contribution < 1.29 is 4.79 Å². The number of aromatic nitrogens is 2. The molecule has 0 radical (unpaired) electrons. The zero-order valence-electron chi connectivity index (χ0n) is 14.7. The summed E-state index contributed by atoms with van der Waals surface area (Å²) in [4.78, 5) is 14.3. The predicted molar refractivity (Wildman–Crippen MR) is 96.0 cm³/mol. The average Bonchev–Trinajstić information content (AvgIpc) is 3.19. The van der Waals surface area contributed by atoms with E-state index in [-0.39, 0.29) is 5.91 Å². The summed E-state index contributed by atoms with van der Waals surface area (Å²) in [5.41, 5.74) is 4.27. The SMILES string of the molecule is Cc1nn(-c2ccccc2)c(C)c1CN(C)C(=O)C[C@H]1C=CCC1. The van der Waals surface area contributed by atoms with Crippen LogP contribution in [0, 0.1) is 19.8 Å². The van der Waals surface area contributed by atoms with E-state index in [0.717, 1.165) is 35.5 Å². The first-order valence-electron chi connectivity index (χ1n) is 8.57. The second-order valence-electron chi connectivity index (χ2n) is 6.62. The lowest BCUT2D eigenvalue weighted by molar-refractivity contribution is -0.131. The number of aryl methyl sites for hydroxylation is 1. The summed E-state index contributed by atoms with van der Waals surface area (Å²) >= 11 is 0. The second-order valence-corrected chi connectivity index (χ2v) is 6.62. The number of carbonyl (C=O) groups excluding carboxylic acids is 1. The van der Waals surface area contributed by atoms with Gasteiger partial charge in [0.05, 0.1) is 11.4 Å². The van der Waals surface area contributed by atoms with Crippen LogP contribution in [0.15, 0.2) is 42.5 Å². The minimum absolute atomic E-state index is 0.206. The van der Waals surface area contributed by atoms with Crippen LogP contribution in [0.25, 0.3) is 5.69 Å². The maximum Gasteiger partial charge on any atom is 0.223 e. The number of hydrogen-bond acceptors (Lipinski definition) is 2. The number of allylic oxidation sites excluding steroid dienone is 2. The minimum Gasteiger partial charge on any atom is -0.341 e. The molecular formula is C20H25N3O. The molecule has 1 aliphatic rings. The summed E-state index contributed by atoms with van der Waals surface area (Å²) in [6.45, 7) is 4.69. The van der Waals surface area contributed by atoms with Gasteiger partial charge >= 0.3 is 0 Å². The predicted octanol–water partition coefficient (Wildman–Crippen LogP) is 3.80. The van der Waals surface area contributed by atoms with Crippen LogP contribution in [0.3, 0.4) is 0 Å². The standard InChI is InChI=1S/C20H25N3O/c1-15-19(14-22(3)20(24)13-17-9-7-8-10-17)16(2)23(21-15)18-11-5-4-6-12-18/h4-7,9,11-12,17H,8,10,13-14H2,1-3H3/t17-/m0/s1. The van der Waals surface area contributed by atoms with E-state index >= 15 is 0 Å². The lowest BCUT2D eigenvalue weighted by atomic mass is 10.0. The van der Waals surface area contributed by atoms with Crippen molar-refractivity contribution in [1.29, 1.82) is 0 Å². The van der Waals surface area contributed by atoms with Crippen LogP contribution < -0.4 is 0 Å². The van der Waals surface area contributed by atoms with Crippen molar-refractivity contribution in [2.24, 2.45) is 5.92 Å². The summed E-state index contributed by atoms with van der Waals surface area (Å²) in [7, 11) is 1.89. The van der Waals surface area contributed by atoms with Gasteiger partial charge in [0, 0.05) is 31.3 Å². The van der Waals surface area contributed by atoms with Gasteiger partial charge in [-0.15, -0.1) is 0 Å². The Morgan fingerprint density at radius 1 is 1.29 bits per heavy atom. The molecule has 24 heavy (non-hydrogen) atoms. The largest absolute Gasteiger partial charge is 0.341 e. The first-order valence-corrected chi connectivity index (χ1v) is 8.57. The number of hydrogen-bond donors (Lipinski definition) is 0. The molecular weight excluding hydrogens is 298 g/mol. The van der Waals surface area contributed by atoms with Crippen molar-refractivity contribution in [3.8, 4) is 5.69 Å². The number of amides is 1. The van der Waals surface area contributed by atoms with Crippen LogP contribution in [0.1, 0.15) is 36.2 Å². The lowest BCUT2D eigenvalue weighted by Gasteiger charge is -2.19. The van der Waals surface area contributed by atoms with Gasteiger partial charge in [0.25, 0.3) is 0 Å². The van der Waals surface area contributed by atoms with Gasteiger partial charge in [-0.1, -0.05) is 30.4 Å². The molecule has 1 atom stereocenters. The van der Waals surface area contributed by atoms with E-state index in [1.165, 1.54) is 0 Å². The Morgan fingerprint density at radius 3 is 2.71 bits per heavy atom. The molecule has 126 valence electrons. The third kappa shape index (κ3) is 3.42. The number of rotatable bonds is 5. The van der Waals surface area contributed by atoms with Crippen molar-refractivity contribution in [3.63, 3.8) is 0 Å². The van der Waals surface area contributed by atoms with E-state index in [9.17, 15) is 4.79 Å². The Balaban J connectivity index is 1.74. The maximum atomic E-state index is 12.5. The molecule has 0 aliphatic heterocycles. The van der Waals surface area contributed by atoms with Crippen LogP contribution in [-0.4, -0.2) is 27.6 Å². The quantitative estimate of drug-likeness (QED) is 0.785. The van der Waals surface area contributed by atoms with Crippen molar-refractivity contribution in [2.45, 2.75) is 39.7 Å². The molecule has 0 saturated carbocycles. The fourth-order valence-electron chi connectivity index (χ4n) is 3.30. The average molecular weight is 323 g/mol. The normalized spacial score (nSPS) is 16.5. The zero-order chi connectivity index (χ0) is 17.1. The Morgan fingerprint density at radius 2 is 2.04 bits per heavy atom. The van der Waals surface area contributed by atoms with Gasteiger partial charge in [0.1, 0.15) is 0 Å². The molecule has 1 aliphatic carbocycles. The van der Waals surface area contributed by atoms with Crippen LogP contribution in [0.4, 0.5) is 0 Å². The minimum atomic E-state index is 0.206. The molecule has 0 bridgehead atoms. The van der Waals surface area contributed by atoms with Gasteiger partial charge in [0.2, 0.25) is 5.91 Å². The number of carbonyl (C=O) groups is 1. The third-order valence-electron chi connectivity index (χ3n) is 4.81. The zero-order valence-corrected chi connectivity index (χ0v) is 14.7. The van der Waals surface area contributed by atoms with Gasteiger partial charge in [-0.2, -0.15) is 5.10 Å². The molecule has 1 aromatic heterocycles. The Hall–Kier alpha value is -2.36. The molecule has 0 N–H and O–H groups in total. The fourth-order valence-corrected chi connectivity index (χ4v) is 3.30. The topological polar surface area (TPSA) is 38.1 Å². The smallest absolute Gasteiger partial charge is 0.223 e. The van der Waals surface area contributed by atoms with E-state index < -0.39 is 0 Å². The van der Waals surface area contributed by atoms with Gasteiger partial charge in [-0.05, 0) is 44.7 Å². The molecule has 4 heteroatoms. The second kappa shape index (κ2) is 7.04. The fraction of sp³-hybridized carbons (Fsp3) is 0.400. The Labute approximate surface area is 143 Å². The summed E-state index contributed by atoms with van der Waals surface area (Å²) in [5.74, 6) is 0.618. The highest BCUT2D eigenvalue weighted by atomic mass is 16.2. The molecule has 1 heterocycles. The highest BCUT2D eigenvalue weighted by molar-refractivity contribution is 5.76. The Kier molecular flexibility index (Phi) is 4.84. The summed E-state index contributed by atoms with van der Waals surface area (Å²) in [6, 6.07) is 10.1. The van der Waals surface area contributed by atoms with Crippen molar-refractivity contribution >= 4 is 5.91 Å². The van der Waals surface area contributed by atoms with E-state index in [1.807, 2.05) is 53.9 Å². The first kappa shape index (κ1) is 16.5. The van der Waals surface area contributed by atoms with Gasteiger partial charge in [0.15, 0.2) is 0 Å². The molecule has 1 amide bonds. The van der Waals surface area contributed by atoms with Crippen LogP contribution >= 0.6 is 0 Å². The van der Waals surface area contributed by atoms with Crippen LogP contribution in [0.5, 0.6) is 0 Å². The lowest BCUT2D eigenvalue weighted by Crippen LogP contribution is -2.28. The third-order valence-corrected chi connectivity index (χ3v) is 4.81. The highest BCUT2D eigenvalue weighted by Crippen LogP contribution is 2.23. The number of benzene rings is 1. The molecule has 2 aromatic rings. The molecule has 0 saturated heterocycles. The summed E-state index contributed by atoms with van der Waals surface area (Å²) in [6.07, 6.45) is 7.16. The molecule has 0 fully saturated rings. The number of para-hydroxylation sites is 1. The van der Waals surface area contributed by atoms with Gasteiger partial charge < -0.3 is 4.90 Å². The molecule has 4 nitrogen and oxygen atoms in total. The summed E-state index contributed by atoms with van der Waals surface area (Å²) in [5, 5.41) is 4.66. The van der Waals surface area contributed by atoms with E-state index in [0.29, 0.717) is 18.9 Å². The molecule has 0 spiro atoms. The van der Waals surface area contributed by atoms with E-state index in [4.69, 9.17) is 0 Å². The Bertz CT molecular complexity index is 746. The van der Waals surface area contributed by atoms with Crippen LogP contribution in [-0.2, 0) is 11.3 Å². The van der Waals surface area contributed by atoms with Gasteiger partial charge in [-0.3, -0.25) is 4.79 Å². The van der Waals surface area contributed by atoms with Crippen molar-refractivity contribution in [3.05, 3.63) is 59.4 Å². The monoisotopic (exact) mass is 323 g/mol. The van der Waals surface area contributed by atoms with Gasteiger partial charge in [-0.25, -0.2) is 4.68 Å². The molecule has 1 aromatic carbocycles. The first-order chi connectivity index (χ1) is 11.6. The van der Waals surface area contributed by atoms with Crippen LogP contribution in [0.2, 0.25) is 0 Å². The van der Waals surface area contributed by atoms with Crippen molar-refractivity contribution in [1.82, 2.24) is 14.7 Å². The highest BCUT2D eigenvalue weighted by Gasteiger charge is 2.20.